The molecule has 11 heavy (non-hydrogen) atoms. The smallest absolute Gasteiger partial charge is 0.0594 e. The Kier molecular flexibility index (Phi) is 2.44. The van der Waals surface area contributed by atoms with E-state index in [2.05, 4.69) is 4.90 Å². The minimum Gasteiger partial charge on any atom is -0.379 e. The Hall–Kier alpha value is -0.0800. The van der Waals surface area contributed by atoms with Gasteiger partial charge in [0.2, 0.25) is 0 Å². The zero-order valence-electron chi connectivity index (χ0n) is 7.01. The summed E-state index contributed by atoms with van der Waals surface area (Å²) in [6, 6.07) is 1.69. The maximum atomic E-state index is 5.30. The Bertz CT molecular complexity index is 115. The molecule has 0 N–H and O–H groups in total. The molecule has 1 radical (unpaired) electrons. The summed E-state index contributed by atoms with van der Waals surface area (Å²) in [6.07, 6.45) is 5.51. The second-order valence-electron chi connectivity index (χ2n) is 3.37. The van der Waals surface area contributed by atoms with Crippen molar-refractivity contribution in [3.63, 3.8) is 0 Å². The van der Waals surface area contributed by atoms with E-state index in [4.69, 9.17) is 4.74 Å². The van der Waals surface area contributed by atoms with E-state index in [0.29, 0.717) is 0 Å². The molecule has 1 aliphatic carbocycles. The van der Waals surface area contributed by atoms with Crippen molar-refractivity contribution >= 4 is 0 Å². The molecular formula is C9H16NO. The van der Waals surface area contributed by atoms with Crippen LogP contribution in [0.15, 0.2) is 0 Å². The lowest BCUT2D eigenvalue weighted by Crippen LogP contribution is -2.38. The van der Waals surface area contributed by atoms with Crippen LogP contribution in [0.4, 0.5) is 0 Å². The number of morpholine rings is 1. The second-order valence-corrected chi connectivity index (χ2v) is 3.37. The predicted molar refractivity (Wildman–Crippen MR) is 44.1 cm³/mol. The Labute approximate surface area is 68.5 Å². The molecule has 2 aliphatic rings. The first-order chi connectivity index (χ1) is 5.47. The molecule has 2 rings (SSSR count). The van der Waals surface area contributed by atoms with Gasteiger partial charge >= 0.3 is 0 Å². The van der Waals surface area contributed by atoms with E-state index in [1.807, 2.05) is 0 Å². The van der Waals surface area contributed by atoms with Crippen molar-refractivity contribution in [1.29, 1.82) is 0 Å². The number of rotatable bonds is 1. The molecule has 2 fully saturated rings. The molecule has 1 saturated heterocycles. The molecular weight excluding hydrogens is 138 g/mol. The van der Waals surface area contributed by atoms with Gasteiger partial charge in [-0.15, -0.1) is 0 Å². The van der Waals surface area contributed by atoms with E-state index in [0.717, 1.165) is 26.3 Å². The van der Waals surface area contributed by atoms with Gasteiger partial charge in [-0.3, -0.25) is 4.90 Å². The normalized spacial score (nSPS) is 29.5. The molecule has 0 aromatic carbocycles. The third kappa shape index (κ3) is 1.74. The van der Waals surface area contributed by atoms with Crippen molar-refractivity contribution in [3.8, 4) is 0 Å². The largest absolute Gasteiger partial charge is 0.379 e. The topological polar surface area (TPSA) is 12.5 Å². The van der Waals surface area contributed by atoms with Crippen LogP contribution in [0, 0.1) is 6.04 Å². The Balaban J connectivity index is 1.82. The van der Waals surface area contributed by atoms with E-state index in [9.17, 15) is 0 Å². The first-order valence-corrected chi connectivity index (χ1v) is 4.64. The van der Waals surface area contributed by atoms with E-state index >= 15 is 0 Å². The first-order valence-electron chi connectivity index (χ1n) is 4.64. The van der Waals surface area contributed by atoms with Crippen LogP contribution in [0.2, 0.25) is 0 Å². The van der Waals surface area contributed by atoms with Gasteiger partial charge in [-0.25, -0.2) is 0 Å². The summed E-state index contributed by atoms with van der Waals surface area (Å²) in [6.45, 7) is 4.14. The molecule has 0 amide bonds. The molecule has 1 saturated carbocycles. The predicted octanol–water partition coefficient (Wildman–Crippen LogP) is 1.42. The lowest BCUT2D eigenvalue weighted by atomic mass is 10.2. The second kappa shape index (κ2) is 3.55. The van der Waals surface area contributed by atoms with Crippen molar-refractivity contribution in [2.45, 2.75) is 25.7 Å². The first kappa shape index (κ1) is 7.56. The Morgan fingerprint density at radius 2 is 1.64 bits per heavy atom. The zero-order valence-corrected chi connectivity index (χ0v) is 7.01. The highest BCUT2D eigenvalue weighted by Crippen LogP contribution is 2.30. The average molecular weight is 154 g/mol. The summed E-state index contributed by atoms with van der Waals surface area (Å²) < 4.78 is 5.30. The van der Waals surface area contributed by atoms with E-state index in [-0.39, 0.29) is 0 Å². The SMILES string of the molecule is C1CC[C](N2CCOCC2)C1. The molecule has 63 valence electrons. The zero-order chi connectivity index (χ0) is 7.52. The summed E-state index contributed by atoms with van der Waals surface area (Å²) in [5.41, 5.74) is 0. The molecule has 0 aromatic heterocycles. The van der Waals surface area contributed by atoms with Crippen LogP contribution in [0.3, 0.4) is 0 Å². The fourth-order valence-electron chi connectivity index (χ4n) is 1.98. The molecule has 2 nitrogen and oxygen atoms in total. The quantitative estimate of drug-likeness (QED) is 0.566. The minimum absolute atomic E-state index is 0.934. The van der Waals surface area contributed by atoms with Gasteiger partial charge in [0.15, 0.2) is 0 Å². The number of hydrogen-bond donors (Lipinski definition) is 0. The van der Waals surface area contributed by atoms with Crippen LogP contribution in [0.25, 0.3) is 0 Å². The van der Waals surface area contributed by atoms with Crippen LogP contribution < -0.4 is 0 Å². The molecule has 0 spiro atoms. The van der Waals surface area contributed by atoms with Gasteiger partial charge in [0.1, 0.15) is 0 Å². The standard InChI is InChI=1S/C9H16NO/c1-2-4-9(3-1)10-5-7-11-8-6-10/h1-8H2. The molecule has 0 unspecified atom stereocenters. The van der Waals surface area contributed by atoms with Crippen molar-refractivity contribution in [2.24, 2.45) is 0 Å². The minimum atomic E-state index is 0.934. The highest BCUT2D eigenvalue weighted by molar-refractivity contribution is 4.94. The van der Waals surface area contributed by atoms with Crippen LogP contribution >= 0.6 is 0 Å². The summed E-state index contributed by atoms with van der Waals surface area (Å²) in [4.78, 5) is 2.52. The van der Waals surface area contributed by atoms with Gasteiger partial charge in [-0.05, 0) is 12.8 Å². The Morgan fingerprint density at radius 1 is 1.00 bits per heavy atom. The fourth-order valence-corrected chi connectivity index (χ4v) is 1.98. The molecule has 1 aliphatic heterocycles. The van der Waals surface area contributed by atoms with Crippen LogP contribution in [0.5, 0.6) is 0 Å². The van der Waals surface area contributed by atoms with Crippen molar-refractivity contribution in [3.05, 3.63) is 6.04 Å². The van der Waals surface area contributed by atoms with Gasteiger partial charge < -0.3 is 4.74 Å². The van der Waals surface area contributed by atoms with Gasteiger partial charge in [-0.1, -0.05) is 12.8 Å². The van der Waals surface area contributed by atoms with Crippen LogP contribution in [-0.4, -0.2) is 31.2 Å². The van der Waals surface area contributed by atoms with Gasteiger partial charge in [-0.2, -0.15) is 0 Å². The van der Waals surface area contributed by atoms with Gasteiger partial charge in [0.25, 0.3) is 0 Å². The lowest BCUT2D eigenvalue weighted by molar-refractivity contribution is 0.0398. The van der Waals surface area contributed by atoms with E-state index in [1.165, 1.54) is 25.7 Å². The summed E-state index contributed by atoms with van der Waals surface area (Å²) in [5, 5.41) is 0. The number of hydrogen-bond acceptors (Lipinski definition) is 2. The average Bonchev–Trinajstić information content (AvgIpc) is 2.58. The third-order valence-corrected chi connectivity index (χ3v) is 2.64. The fraction of sp³-hybridized carbons (Fsp3) is 0.889. The molecule has 1 heterocycles. The molecule has 0 aromatic rings. The highest BCUT2D eigenvalue weighted by Gasteiger charge is 2.24. The maximum absolute atomic E-state index is 5.30. The summed E-state index contributed by atoms with van der Waals surface area (Å²) in [5.74, 6) is 0. The molecule has 2 heteroatoms. The van der Waals surface area contributed by atoms with Gasteiger partial charge in [0.05, 0.1) is 13.2 Å². The highest BCUT2D eigenvalue weighted by atomic mass is 16.5. The van der Waals surface area contributed by atoms with Crippen LogP contribution in [0.1, 0.15) is 25.7 Å². The summed E-state index contributed by atoms with van der Waals surface area (Å²) in [7, 11) is 0. The maximum Gasteiger partial charge on any atom is 0.0594 e. The Morgan fingerprint density at radius 3 is 2.27 bits per heavy atom. The van der Waals surface area contributed by atoms with Crippen LogP contribution in [-0.2, 0) is 4.74 Å². The monoisotopic (exact) mass is 154 g/mol. The number of nitrogens with zero attached hydrogens (tertiary/aromatic N) is 1. The number of ether oxygens (including phenoxy) is 1. The van der Waals surface area contributed by atoms with Crippen molar-refractivity contribution in [2.75, 3.05) is 26.3 Å². The van der Waals surface area contributed by atoms with Crippen molar-refractivity contribution < 1.29 is 4.74 Å². The lowest BCUT2D eigenvalue weighted by Gasteiger charge is -2.31. The van der Waals surface area contributed by atoms with Crippen molar-refractivity contribution in [1.82, 2.24) is 4.90 Å². The summed E-state index contributed by atoms with van der Waals surface area (Å²) >= 11 is 0. The van der Waals surface area contributed by atoms with Gasteiger partial charge in [0, 0.05) is 19.1 Å². The molecule has 0 bridgehead atoms. The van der Waals surface area contributed by atoms with E-state index < -0.39 is 0 Å². The van der Waals surface area contributed by atoms with E-state index in [1.54, 1.807) is 6.04 Å². The molecule has 0 atom stereocenters. The third-order valence-electron chi connectivity index (χ3n) is 2.64.